The molecule has 0 radical (unpaired) electrons. The van der Waals surface area contributed by atoms with Crippen LogP contribution in [0.25, 0.3) is 0 Å². The molecule has 6 amide bonds. The van der Waals surface area contributed by atoms with Crippen LogP contribution in [0.5, 0.6) is 0 Å². The van der Waals surface area contributed by atoms with Crippen LogP contribution in [0.2, 0.25) is 0 Å². The monoisotopic (exact) mass is 1090 g/mol. The number of carbonyl (C=O) groups is 7. The van der Waals surface area contributed by atoms with Crippen LogP contribution >= 0.6 is 0 Å². The van der Waals surface area contributed by atoms with E-state index in [-0.39, 0.29) is 151 Å². The minimum atomic E-state index is -1.40. The Balaban J connectivity index is 3.69. The molecule has 1 heterocycles. The minimum absolute atomic E-state index is 0.0242. The van der Waals surface area contributed by atoms with Gasteiger partial charge in [-0.1, -0.05) is 13.8 Å². The summed E-state index contributed by atoms with van der Waals surface area (Å²) in [7, 11) is 1.56. The van der Waals surface area contributed by atoms with E-state index in [1.54, 1.807) is 20.9 Å². The molecule has 436 valence electrons. The molecule has 0 saturated carbocycles. The van der Waals surface area contributed by atoms with Crippen LogP contribution in [0.3, 0.4) is 0 Å². The molecule has 0 aliphatic carbocycles. The zero-order chi connectivity index (χ0) is 58.0. The van der Waals surface area contributed by atoms with Crippen molar-refractivity contribution in [1.29, 1.82) is 32.5 Å². The molecule has 1 aliphatic rings. The number of hydrogen-bond donors (Lipinski definition) is 24. The summed E-state index contributed by atoms with van der Waals surface area (Å²) in [6.45, 7) is 4.72. The molecule has 7 unspecified atom stereocenters. The molecule has 0 spiro atoms. The van der Waals surface area contributed by atoms with E-state index in [0.717, 1.165) is 0 Å². The van der Waals surface area contributed by atoms with E-state index in [9.17, 15) is 33.6 Å². The molecular weight excluding hydrogens is 1000 g/mol. The number of likely N-dealkylation sites (N-methyl/N-ethyl adjacent to an activating group) is 1. The number of Topliss-reactive ketones (excluding diaryl/α,β-unsaturated/α-hetero) is 1. The van der Waals surface area contributed by atoms with E-state index in [1.807, 2.05) is 0 Å². The van der Waals surface area contributed by atoms with Gasteiger partial charge >= 0.3 is 0 Å². The van der Waals surface area contributed by atoms with Crippen LogP contribution in [-0.4, -0.2) is 177 Å². The molecule has 1 rings (SSSR count). The second kappa shape index (κ2) is 36.9. The zero-order valence-corrected chi connectivity index (χ0v) is 44.7. The maximum atomic E-state index is 14.5. The van der Waals surface area contributed by atoms with E-state index in [1.165, 1.54) is 4.90 Å². The summed E-state index contributed by atoms with van der Waals surface area (Å²) in [6, 6.07) is -8.01. The number of amides is 6. The summed E-state index contributed by atoms with van der Waals surface area (Å²) in [5, 5.41) is 77.7. The Morgan fingerprint density at radius 3 is 0.935 bits per heavy atom. The second-order valence-corrected chi connectivity index (χ2v) is 18.8. The van der Waals surface area contributed by atoms with Crippen LogP contribution in [-0.2, 0) is 33.6 Å². The summed E-state index contributed by atoms with van der Waals surface area (Å²) < 4.78 is 0. The number of nitrogens with two attached hydrogens (primary N) is 6. The summed E-state index contributed by atoms with van der Waals surface area (Å²) in [5.41, 5.74) is 32.8. The van der Waals surface area contributed by atoms with E-state index in [2.05, 4.69) is 63.8 Å². The molecule has 0 aromatic rings. The number of carbonyl (C=O) groups excluding carboxylic acids is 7. The molecule has 0 aromatic heterocycles. The molecule has 30 N–H and O–H groups in total. The largest absolute Gasteiger partial charge is 0.370 e. The van der Waals surface area contributed by atoms with Crippen molar-refractivity contribution in [2.75, 3.05) is 52.9 Å². The number of likely N-dealkylation sites (tertiary alicyclic amines) is 1. The third-order valence-corrected chi connectivity index (χ3v) is 12.2. The number of guanidine groups is 6. The fourth-order valence-corrected chi connectivity index (χ4v) is 8.19. The van der Waals surface area contributed by atoms with Crippen molar-refractivity contribution in [3.63, 3.8) is 0 Å². The van der Waals surface area contributed by atoms with Crippen LogP contribution in [0.1, 0.15) is 104 Å². The van der Waals surface area contributed by atoms with Gasteiger partial charge in [0.2, 0.25) is 35.4 Å². The molecule has 32 nitrogen and oxygen atoms in total. The van der Waals surface area contributed by atoms with Crippen LogP contribution in [0.4, 0.5) is 0 Å². The lowest BCUT2D eigenvalue weighted by molar-refractivity contribution is -0.142. The van der Waals surface area contributed by atoms with E-state index < -0.39 is 77.7 Å². The first-order chi connectivity index (χ1) is 36.4. The molecule has 1 saturated heterocycles. The van der Waals surface area contributed by atoms with Crippen LogP contribution in [0.15, 0.2) is 0 Å². The lowest BCUT2D eigenvalue weighted by Crippen LogP contribution is -2.60. The van der Waals surface area contributed by atoms with Crippen molar-refractivity contribution in [1.82, 2.24) is 68.7 Å². The van der Waals surface area contributed by atoms with Gasteiger partial charge in [-0.25, -0.2) is 0 Å². The first-order valence-electron chi connectivity index (χ1n) is 25.9. The zero-order valence-electron chi connectivity index (χ0n) is 44.7. The number of nitrogens with one attached hydrogen (secondary N) is 18. The third-order valence-electron chi connectivity index (χ3n) is 12.2. The lowest BCUT2D eigenvalue weighted by Gasteiger charge is -2.31. The maximum absolute atomic E-state index is 14.5. The Kier molecular flexibility index (Phi) is 32.2. The predicted molar refractivity (Wildman–Crippen MR) is 292 cm³/mol. The highest BCUT2D eigenvalue weighted by Crippen LogP contribution is 2.23. The van der Waals surface area contributed by atoms with Crippen molar-refractivity contribution < 1.29 is 33.6 Å². The van der Waals surface area contributed by atoms with Gasteiger partial charge in [0.1, 0.15) is 30.2 Å². The topological polar surface area (TPSA) is 566 Å². The van der Waals surface area contributed by atoms with Gasteiger partial charge in [-0.05, 0) is 96.9 Å². The summed E-state index contributed by atoms with van der Waals surface area (Å²) >= 11 is 0. The predicted octanol–water partition coefficient (Wildman–Crippen LogP) is -6.21. The highest BCUT2D eigenvalue weighted by molar-refractivity contribution is 5.98. The molecular formula is C45H89N25O7. The first-order valence-corrected chi connectivity index (χ1v) is 25.9. The quantitative estimate of drug-likeness (QED) is 0.0155. The first kappa shape index (κ1) is 67.1. The normalized spacial score (nSPS) is 15.1. The van der Waals surface area contributed by atoms with Crippen molar-refractivity contribution >= 4 is 77.0 Å². The Labute approximate surface area is 449 Å². The van der Waals surface area contributed by atoms with Gasteiger partial charge in [0.15, 0.2) is 41.5 Å². The van der Waals surface area contributed by atoms with Gasteiger partial charge in [-0.15, -0.1) is 0 Å². The van der Waals surface area contributed by atoms with Crippen molar-refractivity contribution in [2.24, 2.45) is 40.3 Å². The van der Waals surface area contributed by atoms with Crippen LogP contribution in [0, 0.1) is 38.4 Å². The number of ketones is 1. The summed E-state index contributed by atoms with van der Waals surface area (Å²) in [4.78, 5) is 100. The van der Waals surface area contributed by atoms with Gasteiger partial charge < -0.3 is 103 Å². The van der Waals surface area contributed by atoms with Crippen molar-refractivity contribution in [3.8, 4) is 0 Å². The molecule has 7 atom stereocenters. The number of rotatable bonds is 38. The summed E-state index contributed by atoms with van der Waals surface area (Å²) in [6.07, 6.45) is 2.58. The molecule has 32 heteroatoms. The number of hydrogen-bond acceptors (Lipinski definition) is 14. The molecule has 1 fully saturated rings. The van der Waals surface area contributed by atoms with E-state index >= 15 is 0 Å². The van der Waals surface area contributed by atoms with Crippen molar-refractivity contribution in [3.05, 3.63) is 0 Å². The Morgan fingerprint density at radius 1 is 0.429 bits per heavy atom. The van der Waals surface area contributed by atoms with Gasteiger partial charge in [-0.3, -0.25) is 66.0 Å². The number of nitrogens with zero attached hydrogens (tertiary/aromatic N) is 1. The average molecular weight is 1090 g/mol. The van der Waals surface area contributed by atoms with E-state index in [0.29, 0.717) is 32.2 Å². The van der Waals surface area contributed by atoms with Gasteiger partial charge in [-0.2, -0.15) is 0 Å². The molecule has 0 bridgehead atoms. The molecule has 0 aromatic carbocycles. The molecule has 1 aliphatic heterocycles. The SMILES string of the molecule is CNC(CCCNC(=N)N)C(=O)NC(CCCNC(=N)N)C(=O)NC(CCCNC(=N)N)C(=O)NC(CCCNC(=N)N)C(=O)NC(CCCNC(=N)N)C(=O)NC(CCCNC(=N)N)C(=O)N1CCCC1C(=O)C(C)C. The Hall–Kier alpha value is -7.93. The van der Waals surface area contributed by atoms with E-state index in [4.69, 9.17) is 66.9 Å². The van der Waals surface area contributed by atoms with Crippen LogP contribution < -0.4 is 98.2 Å². The lowest BCUT2D eigenvalue weighted by atomic mass is 9.99. The standard InChI is InChI=1S/C45H89N25O7/c1-25(2)33(71)32-17-10-24-70(32)39(77)31(16-9-23-64-45(56)57)69-38(76)30(15-8-22-63-44(54)55)68-37(75)29(14-7-21-62-43(52)53)67-36(74)28(13-6-20-61-42(50)51)66-35(73)27(12-5-19-60-41(48)49)65-34(72)26(58-3)11-4-18-59-40(46)47/h25-32,58H,4-24H2,1-3H3,(H,65,72)(H,66,73)(H,67,74)(H,68,75)(H,69,76)(H4,46,47,59)(H4,48,49,60)(H4,50,51,61)(H4,52,53,62)(H4,54,55,63)(H4,56,57,64). The fourth-order valence-electron chi connectivity index (χ4n) is 8.19. The Morgan fingerprint density at radius 2 is 0.675 bits per heavy atom. The van der Waals surface area contributed by atoms with Gasteiger partial charge in [0, 0.05) is 51.7 Å². The smallest absolute Gasteiger partial charge is 0.245 e. The third kappa shape index (κ3) is 28.5. The van der Waals surface area contributed by atoms with Gasteiger partial charge in [0.05, 0.1) is 12.1 Å². The Bertz CT molecular complexity index is 2010. The van der Waals surface area contributed by atoms with Crippen molar-refractivity contribution in [2.45, 2.75) is 146 Å². The average Bonchev–Trinajstić information content (AvgIpc) is 3.85. The highest BCUT2D eigenvalue weighted by Gasteiger charge is 2.39. The second-order valence-electron chi connectivity index (χ2n) is 18.8. The fraction of sp³-hybridized carbons (Fsp3) is 0.711. The highest BCUT2D eigenvalue weighted by atomic mass is 16.2. The molecule has 77 heavy (non-hydrogen) atoms. The maximum Gasteiger partial charge on any atom is 0.245 e. The summed E-state index contributed by atoms with van der Waals surface area (Å²) in [5.74, 6) is -6.67. The van der Waals surface area contributed by atoms with Gasteiger partial charge in [0.25, 0.3) is 0 Å². The minimum Gasteiger partial charge on any atom is -0.370 e.